The topological polar surface area (TPSA) is 25.9 Å². The molecule has 13 aromatic rings. The fraction of sp³-hybridized carbons (Fsp3) is 0. The number of hydrogen-bond acceptors (Lipinski definition) is 5. The lowest BCUT2D eigenvalue weighted by Gasteiger charge is -2.32. The van der Waals surface area contributed by atoms with Crippen LogP contribution in [0.15, 0.2) is 346 Å². The molecule has 0 saturated carbocycles. The first-order valence-electron chi connectivity index (χ1n) is 27.8. The number of anilines is 12. The molecule has 0 unspecified atom stereocenters. The lowest BCUT2D eigenvalue weighted by molar-refractivity contribution is 1.13. The summed E-state index contributed by atoms with van der Waals surface area (Å²) in [6.07, 6.45) is 0. The van der Waals surface area contributed by atoms with E-state index >= 15 is 0 Å². The summed E-state index contributed by atoms with van der Waals surface area (Å²) in [4.78, 5) is 15.1. The number of aromatic nitrogens is 1. The maximum Gasteiger partial charge on any atom is 0.140 e. The van der Waals surface area contributed by atoms with Crippen molar-refractivity contribution in [1.29, 1.82) is 0 Å². The van der Waals surface area contributed by atoms with Gasteiger partial charge in [0.1, 0.15) is 11.6 Å². The van der Waals surface area contributed by atoms with Crippen LogP contribution >= 0.6 is 0 Å². The van der Waals surface area contributed by atoms with Gasteiger partial charge in [0.2, 0.25) is 0 Å². The summed E-state index contributed by atoms with van der Waals surface area (Å²) in [6, 6.07) is 123. The maximum atomic E-state index is 5.80. The fourth-order valence-electron chi connectivity index (χ4n) is 11.0. The number of benzene rings is 12. The monoisotopic (exact) mass is 1050 g/mol. The molecule has 0 fully saturated rings. The van der Waals surface area contributed by atoms with Crippen molar-refractivity contribution >= 4 is 68.5 Å². The van der Waals surface area contributed by atoms with Gasteiger partial charge in [-0.05, 0) is 143 Å². The van der Waals surface area contributed by atoms with Crippen LogP contribution in [0, 0.1) is 0 Å². The van der Waals surface area contributed by atoms with Crippen molar-refractivity contribution in [1.82, 2.24) is 4.98 Å². The zero-order valence-corrected chi connectivity index (χ0v) is 45.1. The van der Waals surface area contributed by atoms with E-state index in [1.54, 1.807) is 0 Å². The summed E-state index contributed by atoms with van der Waals surface area (Å²) in [5, 5.41) is 0. The number of hydrogen-bond donors (Lipinski definition) is 0. The first-order valence-corrected chi connectivity index (χ1v) is 27.8. The van der Waals surface area contributed by atoms with Crippen LogP contribution in [-0.4, -0.2) is 4.98 Å². The molecular weight excluding hydrogens is 995 g/mol. The number of para-hydroxylation sites is 6. The van der Waals surface area contributed by atoms with Crippen molar-refractivity contribution in [3.05, 3.63) is 346 Å². The van der Waals surface area contributed by atoms with Crippen molar-refractivity contribution in [2.45, 2.75) is 0 Å². The molecule has 0 saturated heterocycles. The quantitative estimate of drug-likeness (QED) is 0.0961. The van der Waals surface area contributed by atoms with Crippen LogP contribution in [0.2, 0.25) is 0 Å². The van der Waals surface area contributed by atoms with Gasteiger partial charge < -0.3 is 9.80 Å². The van der Waals surface area contributed by atoms with Gasteiger partial charge in [-0.3, -0.25) is 9.80 Å². The van der Waals surface area contributed by atoms with E-state index in [0.29, 0.717) is 0 Å². The minimum Gasteiger partial charge on any atom is -0.310 e. The third-order valence-electron chi connectivity index (χ3n) is 14.7. The van der Waals surface area contributed by atoms with Crippen LogP contribution in [0.4, 0.5) is 68.5 Å². The molecule has 1 aromatic heterocycles. The van der Waals surface area contributed by atoms with E-state index in [1.165, 1.54) is 0 Å². The van der Waals surface area contributed by atoms with Gasteiger partial charge in [0, 0.05) is 45.3 Å². The lowest BCUT2D eigenvalue weighted by atomic mass is 9.99. The van der Waals surface area contributed by atoms with Gasteiger partial charge in [-0.15, -0.1) is 0 Å². The molecule has 0 aliphatic carbocycles. The van der Waals surface area contributed by atoms with E-state index < -0.39 is 0 Å². The molecule has 82 heavy (non-hydrogen) atoms. The van der Waals surface area contributed by atoms with Crippen molar-refractivity contribution < 1.29 is 0 Å². The Kier molecular flexibility index (Phi) is 14.5. The zero-order chi connectivity index (χ0) is 54.9. The second-order valence-electron chi connectivity index (χ2n) is 20.0. The predicted molar refractivity (Wildman–Crippen MR) is 345 cm³/mol. The Labute approximate surface area is 480 Å². The van der Waals surface area contributed by atoms with Crippen LogP contribution in [0.3, 0.4) is 0 Å². The number of rotatable bonds is 16. The van der Waals surface area contributed by atoms with E-state index in [-0.39, 0.29) is 0 Å². The fourth-order valence-corrected chi connectivity index (χ4v) is 11.0. The van der Waals surface area contributed by atoms with E-state index in [1.807, 2.05) is 0 Å². The highest BCUT2D eigenvalue weighted by molar-refractivity contribution is 5.94. The summed E-state index contributed by atoms with van der Waals surface area (Å²) in [7, 11) is 0. The molecule has 13 rings (SSSR count). The molecule has 12 aromatic carbocycles. The summed E-state index contributed by atoms with van der Waals surface area (Å²) in [5.74, 6) is 1.50. The Bertz CT molecular complexity index is 3930. The van der Waals surface area contributed by atoms with Crippen molar-refractivity contribution in [3.63, 3.8) is 0 Å². The summed E-state index contributed by atoms with van der Waals surface area (Å²) < 4.78 is 0. The lowest BCUT2D eigenvalue weighted by Crippen LogP contribution is -2.17. The Hall–Kier alpha value is -11.0. The van der Waals surface area contributed by atoms with E-state index in [2.05, 4.69) is 365 Å². The van der Waals surface area contributed by atoms with Gasteiger partial charge in [-0.1, -0.05) is 237 Å². The average Bonchev–Trinajstić information content (AvgIpc) is 3.39. The van der Waals surface area contributed by atoms with Crippen LogP contribution in [-0.2, 0) is 0 Å². The first kappa shape index (κ1) is 50.5. The summed E-state index contributed by atoms with van der Waals surface area (Å²) in [5.41, 5.74) is 18.9. The minimum absolute atomic E-state index is 0.749. The van der Waals surface area contributed by atoms with Gasteiger partial charge in [-0.2, -0.15) is 0 Å². The molecule has 390 valence electrons. The van der Waals surface area contributed by atoms with Crippen LogP contribution in [0.1, 0.15) is 0 Å². The smallest absolute Gasteiger partial charge is 0.140 e. The molecule has 0 amide bonds. The molecule has 0 atom stereocenters. The van der Waals surface area contributed by atoms with E-state index in [9.17, 15) is 0 Å². The Morgan fingerprint density at radius 2 is 0.427 bits per heavy atom. The van der Waals surface area contributed by atoms with Gasteiger partial charge >= 0.3 is 0 Å². The van der Waals surface area contributed by atoms with E-state index in [0.717, 1.165) is 113 Å². The highest BCUT2D eigenvalue weighted by Crippen LogP contribution is 2.48. The molecule has 5 nitrogen and oxygen atoms in total. The zero-order valence-electron chi connectivity index (χ0n) is 45.1. The average molecular weight is 1050 g/mol. The highest BCUT2D eigenvalue weighted by Gasteiger charge is 2.25. The molecule has 0 N–H and O–H groups in total. The van der Waals surface area contributed by atoms with Crippen LogP contribution in [0.5, 0.6) is 0 Å². The molecule has 0 aliphatic heterocycles. The summed E-state index contributed by atoms with van der Waals surface area (Å²) in [6.45, 7) is 0. The largest absolute Gasteiger partial charge is 0.310 e. The van der Waals surface area contributed by atoms with Gasteiger partial charge in [0.25, 0.3) is 0 Å². The molecule has 1 heterocycles. The summed E-state index contributed by atoms with van der Waals surface area (Å²) >= 11 is 0. The van der Waals surface area contributed by atoms with Crippen LogP contribution in [0.25, 0.3) is 44.5 Å². The maximum absolute atomic E-state index is 5.80. The van der Waals surface area contributed by atoms with E-state index in [4.69, 9.17) is 4.98 Å². The third kappa shape index (κ3) is 10.7. The van der Waals surface area contributed by atoms with Gasteiger partial charge in [0.05, 0.1) is 22.7 Å². The highest BCUT2D eigenvalue weighted by atomic mass is 15.3. The van der Waals surface area contributed by atoms with Crippen LogP contribution < -0.4 is 19.6 Å². The van der Waals surface area contributed by atoms with Crippen molar-refractivity contribution in [2.75, 3.05) is 19.6 Å². The number of pyridine rings is 1. The van der Waals surface area contributed by atoms with Gasteiger partial charge in [-0.25, -0.2) is 4.98 Å². The Morgan fingerprint density at radius 1 is 0.171 bits per heavy atom. The van der Waals surface area contributed by atoms with Crippen molar-refractivity contribution in [2.24, 2.45) is 0 Å². The minimum atomic E-state index is 0.749. The SMILES string of the molecule is c1ccc(-c2cc(N(c3ccccc3)c3cccc(N(c4ccccc4)c4cc(-c5ccccc5)cc(N(c5ccccc5)c5ccccc5-c5ccccc5)c4)n3)cc(N(c3ccccc3)c3ccccc3-c3ccccc3)c2)cc1. The van der Waals surface area contributed by atoms with Crippen molar-refractivity contribution in [3.8, 4) is 44.5 Å². The number of nitrogens with zero attached hydrogens (tertiary/aromatic N) is 5. The normalized spacial score (nSPS) is 10.9. The molecular formula is C77H57N5. The Morgan fingerprint density at radius 3 is 0.756 bits per heavy atom. The molecule has 0 bridgehead atoms. The molecule has 0 radical (unpaired) electrons. The Balaban J connectivity index is 1.02. The molecule has 5 heteroatoms. The second-order valence-corrected chi connectivity index (χ2v) is 20.0. The predicted octanol–water partition coefficient (Wildman–Crippen LogP) is 21.6. The molecule has 0 spiro atoms. The second kappa shape index (κ2) is 23.5. The third-order valence-corrected chi connectivity index (χ3v) is 14.7. The first-order chi connectivity index (χ1) is 40.7. The molecule has 0 aliphatic rings. The standard InChI is InChI=1S/C77H57N5/c1-9-30-58(31-10-1)62-52-68(79(64-38-17-5-18-39-64)74-48-27-25-46-72(74)60-34-13-3-14-35-60)56-70(54-62)81(66-42-21-7-22-43-66)76-50-29-51-77(78-76)82(67-44-23-8-24-45-67)71-55-63(59-32-11-2-12-33-59)53-69(57-71)80(65-40-19-6-20-41-65)75-49-28-26-47-73(75)61-36-15-4-16-37-61/h1-57H. The van der Waals surface area contributed by atoms with Gasteiger partial charge in [0.15, 0.2) is 0 Å².